The maximum Gasteiger partial charge on any atom is 0.0744 e. The van der Waals surface area contributed by atoms with Crippen LogP contribution in [0, 0.1) is 17.8 Å². The van der Waals surface area contributed by atoms with Gasteiger partial charge in [-0.05, 0) is 38.0 Å². The van der Waals surface area contributed by atoms with Gasteiger partial charge in [0.25, 0.3) is 0 Å². The van der Waals surface area contributed by atoms with E-state index in [4.69, 9.17) is 5.73 Å². The summed E-state index contributed by atoms with van der Waals surface area (Å²) in [7, 11) is 0. The van der Waals surface area contributed by atoms with Crippen molar-refractivity contribution in [1.82, 2.24) is 0 Å². The van der Waals surface area contributed by atoms with Gasteiger partial charge in [0.05, 0.1) is 5.60 Å². The minimum absolute atomic E-state index is 0.134. The maximum absolute atomic E-state index is 9.89. The van der Waals surface area contributed by atoms with Crippen LogP contribution in [0.15, 0.2) is 0 Å². The molecule has 0 spiro atoms. The predicted molar refractivity (Wildman–Crippen MR) is 62.1 cm³/mol. The van der Waals surface area contributed by atoms with Crippen LogP contribution >= 0.6 is 0 Å². The van der Waals surface area contributed by atoms with E-state index < -0.39 is 5.60 Å². The van der Waals surface area contributed by atoms with Crippen LogP contribution in [0.2, 0.25) is 0 Å². The van der Waals surface area contributed by atoms with Crippen LogP contribution in [-0.2, 0) is 0 Å². The first kappa shape index (κ1) is 13.9. The molecule has 14 heavy (non-hydrogen) atoms. The second kappa shape index (κ2) is 5.13. The fourth-order valence-corrected chi connectivity index (χ4v) is 1.90. The molecule has 2 unspecified atom stereocenters. The molecule has 0 radical (unpaired) electrons. The lowest BCUT2D eigenvalue weighted by molar-refractivity contribution is 0.0162. The predicted octanol–water partition coefficient (Wildman–Crippen LogP) is 2.40. The molecular weight excluding hydrogens is 174 g/mol. The molecule has 0 aliphatic carbocycles. The van der Waals surface area contributed by atoms with E-state index in [0.29, 0.717) is 17.8 Å². The first-order chi connectivity index (χ1) is 6.16. The molecule has 86 valence electrons. The lowest BCUT2D eigenvalue weighted by atomic mass is 9.76. The summed E-state index contributed by atoms with van der Waals surface area (Å²) >= 11 is 0. The molecule has 0 aromatic rings. The molecule has 0 aromatic carbocycles. The molecule has 0 aromatic heterocycles. The summed E-state index contributed by atoms with van der Waals surface area (Å²) in [6.45, 7) is 12.4. The maximum atomic E-state index is 9.89. The van der Waals surface area contributed by atoms with Crippen molar-refractivity contribution in [2.45, 2.75) is 59.6 Å². The van der Waals surface area contributed by atoms with Gasteiger partial charge in [-0.15, -0.1) is 0 Å². The summed E-state index contributed by atoms with van der Waals surface area (Å²) < 4.78 is 0. The number of hydrogen-bond donors (Lipinski definition) is 2. The molecule has 0 saturated heterocycles. The van der Waals surface area contributed by atoms with Crippen molar-refractivity contribution in [3.63, 3.8) is 0 Å². The van der Waals surface area contributed by atoms with Crippen molar-refractivity contribution in [2.24, 2.45) is 23.5 Å². The second-order valence-corrected chi connectivity index (χ2v) is 5.72. The van der Waals surface area contributed by atoms with Crippen LogP contribution in [0.4, 0.5) is 0 Å². The molecule has 2 nitrogen and oxygen atoms in total. The minimum atomic E-state index is -0.774. The van der Waals surface area contributed by atoms with Crippen LogP contribution in [0.5, 0.6) is 0 Å². The van der Waals surface area contributed by atoms with E-state index in [-0.39, 0.29) is 6.04 Å². The van der Waals surface area contributed by atoms with Crippen LogP contribution in [-0.4, -0.2) is 16.7 Å². The monoisotopic (exact) mass is 201 g/mol. The van der Waals surface area contributed by atoms with Crippen molar-refractivity contribution >= 4 is 0 Å². The Morgan fingerprint density at radius 3 is 1.79 bits per heavy atom. The Labute approximate surface area is 88.9 Å². The van der Waals surface area contributed by atoms with Crippen molar-refractivity contribution < 1.29 is 5.11 Å². The Balaban J connectivity index is 4.49. The van der Waals surface area contributed by atoms with Crippen molar-refractivity contribution in [3.05, 3.63) is 0 Å². The molecule has 2 heteroatoms. The summed E-state index contributed by atoms with van der Waals surface area (Å²) in [4.78, 5) is 0. The topological polar surface area (TPSA) is 46.2 Å². The molecular formula is C12H27NO. The zero-order valence-electron chi connectivity index (χ0n) is 10.5. The van der Waals surface area contributed by atoms with E-state index in [1.807, 2.05) is 0 Å². The highest BCUT2D eigenvalue weighted by atomic mass is 16.3. The summed E-state index contributed by atoms with van der Waals surface area (Å²) in [6, 6.07) is -0.134. The molecule has 0 heterocycles. The summed E-state index contributed by atoms with van der Waals surface area (Å²) in [5, 5.41) is 9.89. The Morgan fingerprint density at radius 1 is 1.14 bits per heavy atom. The fourth-order valence-electron chi connectivity index (χ4n) is 1.90. The largest absolute Gasteiger partial charge is 0.389 e. The van der Waals surface area contributed by atoms with Crippen molar-refractivity contribution in [3.8, 4) is 0 Å². The summed E-state index contributed by atoms with van der Waals surface area (Å²) in [6.07, 6.45) is 1.09. The summed E-state index contributed by atoms with van der Waals surface area (Å²) in [5.74, 6) is 1.56. The minimum Gasteiger partial charge on any atom is -0.389 e. The molecule has 0 aliphatic rings. The second-order valence-electron chi connectivity index (χ2n) is 5.72. The molecule has 0 bridgehead atoms. The van der Waals surface area contributed by atoms with E-state index in [9.17, 15) is 5.11 Å². The Hall–Kier alpha value is -0.0800. The van der Waals surface area contributed by atoms with Crippen LogP contribution in [0.3, 0.4) is 0 Å². The normalized spacial score (nSPS) is 17.6. The Bertz CT molecular complexity index is 158. The number of hydrogen-bond acceptors (Lipinski definition) is 2. The van der Waals surface area contributed by atoms with Gasteiger partial charge < -0.3 is 10.8 Å². The lowest BCUT2D eigenvalue weighted by Crippen LogP contribution is -2.50. The van der Waals surface area contributed by atoms with E-state index in [1.54, 1.807) is 13.8 Å². The van der Waals surface area contributed by atoms with Gasteiger partial charge in [0, 0.05) is 6.04 Å². The Morgan fingerprint density at radius 2 is 1.57 bits per heavy atom. The van der Waals surface area contributed by atoms with Gasteiger partial charge in [0.15, 0.2) is 0 Å². The van der Waals surface area contributed by atoms with Crippen LogP contribution < -0.4 is 5.73 Å². The van der Waals surface area contributed by atoms with Crippen LogP contribution in [0.25, 0.3) is 0 Å². The third-order valence-corrected chi connectivity index (χ3v) is 2.88. The third-order valence-electron chi connectivity index (χ3n) is 2.88. The fraction of sp³-hybridized carbons (Fsp3) is 1.00. The molecule has 0 rings (SSSR count). The first-order valence-electron chi connectivity index (χ1n) is 5.64. The van der Waals surface area contributed by atoms with Gasteiger partial charge in [-0.2, -0.15) is 0 Å². The highest BCUT2D eigenvalue weighted by Gasteiger charge is 2.32. The zero-order valence-corrected chi connectivity index (χ0v) is 10.5. The van der Waals surface area contributed by atoms with E-state index in [1.165, 1.54) is 0 Å². The van der Waals surface area contributed by atoms with Gasteiger partial charge in [-0.1, -0.05) is 27.7 Å². The van der Waals surface area contributed by atoms with E-state index in [0.717, 1.165) is 6.42 Å². The van der Waals surface area contributed by atoms with Crippen molar-refractivity contribution in [1.29, 1.82) is 0 Å². The van der Waals surface area contributed by atoms with Gasteiger partial charge in [0.1, 0.15) is 0 Å². The van der Waals surface area contributed by atoms with E-state index >= 15 is 0 Å². The molecule has 0 amide bonds. The number of rotatable bonds is 5. The Kier molecular flexibility index (Phi) is 5.10. The average Bonchev–Trinajstić information content (AvgIpc) is 1.96. The van der Waals surface area contributed by atoms with Crippen LogP contribution in [0.1, 0.15) is 48.0 Å². The number of aliphatic hydroxyl groups is 1. The van der Waals surface area contributed by atoms with Gasteiger partial charge >= 0.3 is 0 Å². The average molecular weight is 201 g/mol. The first-order valence-corrected chi connectivity index (χ1v) is 5.64. The SMILES string of the molecule is CC(C)CC(C(C)C)C(N)C(C)(C)O. The lowest BCUT2D eigenvalue weighted by Gasteiger charge is -2.36. The summed E-state index contributed by atoms with van der Waals surface area (Å²) in [5.41, 5.74) is 5.32. The standard InChI is InChI=1S/C12H27NO/c1-8(2)7-10(9(3)4)11(13)12(5,6)14/h8-11,14H,7,13H2,1-6H3. The molecule has 0 fully saturated rings. The van der Waals surface area contributed by atoms with Crippen molar-refractivity contribution in [2.75, 3.05) is 0 Å². The zero-order chi connectivity index (χ0) is 11.5. The molecule has 0 aliphatic heterocycles. The molecule has 3 N–H and O–H groups in total. The third kappa shape index (κ3) is 4.43. The highest BCUT2D eigenvalue weighted by molar-refractivity contribution is 4.88. The smallest absolute Gasteiger partial charge is 0.0744 e. The highest BCUT2D eigenvalue weighted by Crippen LogP contribution is 2.27. The van der Waals surface area contributed by atoms with Gasteiger partial charge in [0.2, 0.25) is 0 Å². The molecule has 2 atom stereocenters. The van der Waals surface area contributed by atoms with Gasteiger partial charge in [-0.25, -0.2) is 0 Å². The van der Waals surface area contributed by atoms with Gasteiger partial charge in [-0.3, -0.25) is 0 Å². The number of nitrogens with two attached hydrogens (primary N) is 1. The van der Waals surface area contributed by atoms with E-state index in [2.05, 4.69) is 27.7 Å². The quantitative estimate of drug-likeness (QED) is 0.717. The molecule has 0 saturated carbocycles.